The summed E-state index contributed by atoms with van der Waals surface area (Å²) in [6, 6.07) is 4.47. The van der Waals surface area contributed by atoms with Gasteiger partial charge in [0.1, 0.15) is 0 Å². The number of hydrogen-bond donors (Lipinski definition) is 0. The number of halogens is 3. The maximum Gasteiger partial charge on any atom is 0.417 e. The van der Waals surface area contributed by atoms with Crippen molar-refractivity contribution in [2.45, 2.75) is 37.0 Å². The van der Waals surface area contributed by atoms with E-state index in [9.17, 15) is 18.0 Å². The molecule has 134 valence electrons. The van der Waals surface area contributed by atoms with Gasteiger partial charge in [0.2, 0.25) is 5.91 Å². The average molecular weight is 386 g/mol. The van der Waals surface area contributed by atoms with Gasteiger partial charge >= 0.3 is 6.18 Å². The summed E-state index contributed by atoms with van der Waals surface area (Å²) >= 11 is 2.90. The fraction of sp³-hybridized carbons (Fsp3) is 0.412. The van der Waals surface area contributed by atoms with Gasteiger partial charge in [-0.05, 0) is 42.0 Å². The van der Waals surface area contributed by atoms with E-state index in [-0.39, 0.29) is 17.7 Å². The Balaban J connectivity index is 1.63. The molecule has 0 saturated carbocycles. The Labute approximate surface area is 152 Å². The van der Waals surface area contributed by atoms with Crippen LogP contribution in [0, 0.1) is 0 Å². The molecule has 2 aromatic heterocycles. The van der Waals surface area contributed by atoms with Crippen LogP contribution in [-0.4, -0.2) is 28.1 Å². The van der Waals surface area contributed by atoms with Crippen molar-refractivity contribution >= 4 is 29.0 Å². The van der Waals surface area contributed by atoms with Crippen molar-refractivity contribution in [1.82, 2.24) is 9.88 Å². The molecule has 3 rings (SSSR count). The molecular weight excluding hydrogens is 369 g/mol. The van der Waals surface area contributed by atoms with Crippen LogP contribution in [0.1, 0.15) is 35.4 Å². The Bertz CT molecular complexity index is 743. The van der Waals surface area contributed by atoms with Gasteiger partial charge in [-0.15, -0.1) is 11.3 Å². The van der Waals surface area contributed by atoms with E-state index in [2.05, 4.69) is 23.4 Å². The Hall–Kier alpha value is -1.54. The number of carbonyl (C=O) groups excluding carboxylic acids is 1. The monoisotopic (exact) mass is 386 g/mol. The first-order chi connectivity index (χ1) is 11.9. The van der Waals surface area contributed by atoms with Crippen LogP contribution in [0.25, 0.3) is 0 Å². The third-order valence-corrected chi connectivity index (χ3v) is 6.13. The smallest absolute Gasteiger partial charge is 0.335 e. The number of fused-ring (bicyclic) bond motifs is 1. The highest BCUT2D eigenvalue weighted by Gasteiger charge is 2.31. The molecule has 0 radical (unpaired) electrons. The first-order valence-corrected chi connectivity index (χ1v) is 9.78. The van der Waals surface area contributed by atoms with Gasteiger partial charge in [-0.1, -0.05) is 18.7 Å². The van der Waals surface area contributed by atoms with Crippen LogP contribution in [0.5, 0.6) is 0 Å². The van der Waals surface area contributed by atoms with Crippen molar-refractivity contribution in [3.8, 4) is 0 Å². The van der Waals surface area contributed by atoms with Crippen LogP contribution in [0.4, 0.5) is 13.2 Å². The second-order valence-electron chi connectivity index (χ2n) is 5.73. The predicted octanol–water partition coefficient (Wildman–Crippen LogP) is 4.79. The number of aromatic nitrogens is 1. The summed E-state index contributed by atoms with van der Waals surface area (Å²) in [6.07, 6.45) is -1.89. The van der Waals surface area contributed by atoms with E-state index < -0.39 is 11.7 Å². The van der Waals surface area contributed by atoms with Crippen LogP contribution in [0.3, 0.4) is 0 Å². The summed E-state index contributed by atoms with van der Waals surface area (Å²) in [7, 11) is 0. The van der Waals surface area contributed by atoms with Crippen LogP contribution in [0.15, 0.2) is 34.8 Å². The van der Waals surface area contributed by atoms with Gasteiger partial charge in [0.25, 0.3) is 0 Å². The van der Waals surface area contributed by atoms with Crippen molar-refractivity contribution in [3.63, 3.8) is 0 Å². The van der Waals surface area contributed by atoms with E-state index in [1.807, 2.05) is 4.90 Å². The summed E-state index contributed by atoms with van der Waals surface area (Å²) in [5.74, 6) is 0.171. The minimum Gasteiger partial charge on any atom is -0.335 e. The molecule has 2 aromatic rings. The molecule has 1 amide bonds. The molecule has 1 aliphatic heterocycles. The lowest BCUT2D eigenvalue weighted by Gasteiger charge is -2.35. The maximum atomic E-state index is 12.6. The number of nitrogens with zero attached hydrogens (tertiary/aromatic N) is 2. The first kappa shape index (κ1) is 18.3. The molecule has 0 aliphatic carbocycles. The van der Waals surface area contributed by atoms with E-state index in [0.29, 0.717) is 11.6 Å². The normalized spacial score (nSPS) is 17.4. The van der Waals surface area contributed by atoms with Gasteiger partial charge in [0, 0.05) is 17.6 Å². The average Bonchev–Trinajstić information content (AvgIpc) is 3.07. The first-order valence-electron chi connectivity index (χ1n) is 7.92. The Kier molecular flexibility index (Phi) is 5.38. The number of thiophene rings is 1. The molecular formula is C17H17F3N2OS2. The molecule has 0 spiro atoms. The number of amides is 1. The van der Waals surface area contributed by atoms with Crippen LogP contribution < -0.4 is 0 Å². The number of pyridine rings is 1. The number of thioether (sulfide) groups is 1. The molecule has 1 atom stereocenters. The van der Waals surface area contributed by atoms with Gasteiger partial charge in [0.05, 0.1) is 22.4 Å². The maximum absolute atomic E-state index is 12.6. The van der Waals surface area contributed by atoms with Crippen LogP contribution >= 0.6 is 23.1 Å². The van der Waals surface area contributed by atoms with Gasteiger partial charge < -0.3 is 4.90 Å². The summed E-state index contributed by atoms with van der Waals surface area (Å²) in [4.78, 5) is 19.6. The molecule has 0 bridgehead atoms. The molecule has 0 N–H and O–H groups in total. The zero-order chi connectivity index (χ0) is 18.0. The topological polar surface area (TPSA) is 33.2 Å². The van der Waals surface area contributed by atoms with E-state index in [1.54, 1.807) is 11.3 Å². The number of alkyl halides is 3. The molecule has 0 fully saturated rings. The van der Waals surface area contributed by atoms with Crippen molar-refractivity contribution in [2.75, 3.05) is 12.3 Å². The predicted molar refractivity (Wildman–Crippen MR) is 92.7 cm³/mol. The van der Waals surface area contributed by atoms with E-state index >= 15 is 0 Å². The van der Waals surface area contributed by atoms with Crippen molar-refractivity contribution in [2.24, 2.45) is 0 Å². The Morgan fingerprint density at radius 2 is 2.20 bits per heavy atom. The molecule has 3 nitrogen and oxygen atoms in total. The second kappa shape index (κ2) is 7.37. The largest absolute Gasteiger partial charge is 0.417 e. The number of hydrogen-bond acceptors (Lipinski definition) is 4. The summed E-state index contributed by atoms with van der Waals surface area (Å²) in [5.41, 5.74) is 0.444. The Morgan fingerprint density at radius 3 is 2.84 bits per heavy atom. The highest BCUT2D eigenvalue weighted by atomic mass is 32.2. The van der Waals surface area contributed by atoms with Gasteiger partial charge in [-0.25, -0.2) is 4.98 Å². The van der Waals surface area contributed by atoms with Gasteiger partial charge in [-0.3, -0.25) is 4.79 Å². The molecule has 8 heteroatoms. The van der Waals surface area contributed by atoms with E-state index in [4.69, 9.17) is 0 Å². The molecule has 1 aliphatic rings. The van der Waals surface area contributed by atoms with Crippen molar-refractivity contribution in [3.05, 3.63) is 45.8 Å². The molecule has 0 aromatic carbocycles. The van der Waals surface area contributed by atoms with Crippen molar-refractivity contribution in [1.29, 1.82) is 0 Å². The third kappa shape index (κ3) is 4.00. The molecule has 25 heavy (non-hydrogen) atoms. The quantitative estimate of drug-likeness (QED) is 0.709. The van der Waals surface area contributed by atoms with E-state index in [1.165, 1.54) is 28.3 Å². The minimum atomic E-state index is -4.40. The molecule has 1 unspecified atom stereocenters. The fourth-order valence-corrected chi connectivity index (χ4v) is 4.64. The highest BCUT2D eigenvalue weighted by molar-refractivity contribution is 7.99. The summed E-state index contributed by atoms with van der Waals surface area (Å²) < 4.78 is 37.6. The fourth-order valence-electron chi connectivity index (χ4n) is 2.99. The van der Waals surface area contributed by atoms with Crippen LogP contribution in [0.2, 0.25) is 0 Å². The number of rotatable bonds is 4. The standard InChI is InChI=1S/C17H17F3N2OS2/c1-2-13-12-6-8-24-14(12)5-7-22(13)16(23)10-25-15-4-3-11(9-21-15)17(18,19)20/h3-4,6,8-9,13H,2,5,7,10H2,1H3. The summed E-state index contributed by atoms with van der Waals surface area (Å²) in [5, 5.41) is 2.48. The third-order valence-electron chi connectivity index (χ3n) is 4.21. The van der Waals surface area contributed by atoms with Crippen LogP contribution in [-0.2, 0) is 17.4 Å². The lowest BCUT2D eigenvalue weighted by molar-refractivity contribution is -0.138. The minimum absolute atomic E-state index is 0.00426. The zero-order valence-electron chi connectivity index (χ0n) is 13.5. The SMILES string of the molecule is CCC1c2ccsc2CCN1C(=O)CSc1ccc(C(F)(F)F)cn1. The van der Waals surface area contributed by atoms with Crippen molar-refractivity contribution < 1.29 is 18.0 Å². The van der Waals surface area contributed by atoms with E-state index in [0.717, 1.165) is 25.1 Å². The number of carbonyl (C=O) groups is 1. The van der Waals surface area contributed by atoms with Gasteiger partial charge in [0.15, 0.2) is 0 Å². The molecule has 0 saturated heterocycles. The lowest BCUT2D eigenvalue weighted by atomic mass is 9.98. The lowest BCUT2D eigenvalue weighted by Crippen LogP contribution is -2.40. The zero-order valence-corrected chi connectivity index (χ0v) is 15.2. The molecule has 3 heterocycles. The Morgan fingerprint density at radius 1 is 1.40 bits per heavy atom. The highest BCUT2D eigenvalue weighted by Crippen LogP contribution is 2.36. The summed E-state index contributed by atoms with van der Waals surface area (Å²) in [6.45, 7) is 2.74. The second-order valence-corrected chi connectivity index (χ2v) is 7.73. The van der Waals surface area contributed by atoms with Gasteiger partial charge in [-0.2, -0.15) is 13.2 Å².